The van der Waals surface area contributed by atoms with Gasteiger partial charge in [-0.25, -0.2) is 9.78 Å². The van der Waals surface area contributed by atoms with Gasteiger partial charge >= 0.3 is 13.6 Å². The van der Waals surface area contributed by atoms with Crippen LogP contribution in [0.5, 0.6) is 0 Å². The van der Waals surface area contributed by atoms with Crippen molar-refractivity contribution < 1.29 is 24.0 Å². The molecule has 1 radical (unpaired) electrons. The first kappa shape index (κ1) is 27.2. The van der Waals surface area contributed by atoms with Crippen LogP contribution in [0.25, 0.3) is 11.0 Å². The van der Waals surface area contributed by atoms with Crippen molar-refractivity contribution in [3.05, 3.63) is 24.0 Å². The molecule has 8 nitrogen and oxygen atoms in total. The molecule has 1 aromatic heterocycles. The monoisotopic (exact) mass is 461 g/mol. The molecule has 0 aliphatic carbocycles. The predicted octanol–water partition coefficient (Wildman–Crippen LogP) is 2.77. The van der Waals surface area contributed by atoms with Crippen LogP contribution in [0.3, 0.4) is 0 Å². The van der Waals surface area contributed by atoms with E-state index in [0.29, 0.717) is 13.1 Å². The Balaban J connectivity index is 2.27. The van der Waals surface area contributed by atoms with Crippen molar-refractivity contribution in [3.63, 3.8) is 0 Å². The Bertz CT molecular complexity index is 959. The molecule has 0 aliphatic heterocycles. The lowest BCUT2D eigenvalue weighted by Gasteiger charge is -2.33. The maximum atomic E-state index is 12.4. The van der Waals surface area contributed by atoms with Crippen LogP contribution in [0.15, 0.2) is 18.2 Å². The molecule has 0 fully saturated rings. The Hall–Kier alpha value is -2.10. The van der Waals surface area contributed by atoms with E-state index in [2.05, 4.69) is 4.57 Å². The highest BCUT2D eigenvalue weighted by atomic mass is 16.6. The fraction of sp³-hybridized carbons (Fsp3) is 0.667. The highest BCUT2D eigenvalue weighted by Crippen LogP contribution is 2.25. The molecular weight excluding hydrogens is 421 g/mol. The largest absolute Gasteiger partial charge is 0.444 e. The average molecular weight is 461 g/mol. The maximum Gasteiger partial charge on any atom is 0.410 e. The van der Waals surface area contributed by atoms with Crippen LogP contribution in [0.2, 0.25) is 0 Å². The topological polar surface area (TPSA) is 88.7 Å². The molecule has 0 saturated carbocycles. The minimum atomic E-state index is -0.777. The number of rotatable bonds is 9. The van der Waals surface area contributed by atoms with Gasteiger partial charge in [-0.1, -0.05) is 12.1 Å². The van der Waals surface area contributed by atoms with E-state index >= 15 is 0 Å². The fourth-order valence-electron chi connectivity index (χ4n) is 3.14. The van der Waals surface area contributed by atoms with E-state index in [1.807, 2.05) is 73.6 Å². The summed E-state index contributed by atoms with van der Waals surface area (Å²) in [6, 6.07) is 5.88. The van der Waals surface area contributed by atoms with Crippen LogP contribution in [-0.2, 0) is 20.7 Å². The van der Waals surface area contributed by atoms with Crippen molar-refractivity contribution in [2.45, 2.75) is 84.8 Å². The summed E-state index contributed by atoms with van der Waals surface area (Å²) in [5.74, 6) is 0.841. The zero-order valence-electron chi connectivity index (χ0n) is 21.8. The molecule has 0 spiro atoms. The second-order valence-corrected chi connectivity index (χ2v) is 10.6. The Morgan fingerprint density at radius 3 is 2.39 bits per heavy atom. The zero-order valence-corrected chi connectivity index (χ0v) is 21.8. The van der Waals surface area contributed by atoms with Gasteiger partial charge in [-0.15, -0.1) is 0 Å². The number of hydrogen-bond donors (Lipinski definition) is 0. The number of fused-ring (bicyclic) bond motifs is 1. The molecule has 1 amide bonds. The first-order chi connectivity index (χ1) is 15.1. The number of methoxy groups -OCH3 is 1. The number of aryl methyl sites for hydroxylation is 1. The number of amides is 1. The second kappa shape index (κ2) is 10.0. The van der Waals surface area contributed by atoms with Gasteiger partial charge in [-0.3, -0.25) is 0 Å². The summed E-state index contributed by atoms with van der Waals surface area (Å²) < 4.78 is 19.3. The molecule has 2 rings (SSSR count). The van der Waals surface area contributed by atoms with Crippen molar-refractivity contribution >= 4 is 30.1 Å². The highest BCUT2D eigenvalue weighted by molar-refractivity contribution is 6.51. The Morgan fingerprint density at radius 1 is 1.21 bits per heavy atom. The van der Waals surface area contributed by atoms with Crippen molar-refractivity contribution in [2.24, 2.45) is 0 Å². The number of benzene rings is 1. The molecule has 1 aromatic carbocycles. The molecule has 9 heteroatoms. The number of hydrogen-bond acceptors (Lipinski definition) is 5. The summed E-state index contributed by atoms with van der Waals surface area (Å²) in [7, 11) is 5.05. The van der Waals surface area contributed by atoms with E-state index in [1.54, 1.807) is 21.6 Å². The van der Waals surface area contributed by atoms with Crippen LogP contribution in [0.1, 0.15) is 54.3 Å². The number of ether oxygens (including phenoxy) is 2. The normalized spacial score (nSPS) is 13.8. The average Bonchev–Trinajstić information content (AvgIpc) is 2.99. The lowest BCUT2D eigenvalue weighted by Crippen LogP contribution is -2.49. The first-order valence-electron chi connectivity index (χ1n) is 11.2. The van der Waals surface area contributed by atoms with Crippen molar-refractivity contribution in [3.8, 4) is 0 Å². The van der Waals surface area contributed by atoms with Gasteiger partial charge in [0, 0.05) is 28.0 Å². The van der Waals surface area contributed by atoms with E-state index in [1.165, 1.54) is 4.90 Å². The van der Waals surface area contributed by atoms with E-state index in [4.69, 9.17) is 24.2 Å². The molecule has 1 atom stereocenters. The molecular formula is C24H40BN3O5+. The number of carbonyl (C=O) groups excluding carboxylic acids is 1. The lowest BCUT2D eigenvalue weighted by molar-refractivity contribution is -0.0893. The third-order valence-corrected chi connectivity index (χ3v) is 5.88. The predicted molar refractivity (Wildman–Crippen MR) is 132 cm³/mol. The second-order valence-electron chi connectivity index (χ2n) is 10.6. The van der Waals surface area contributed by atoms with Gasteiger partial charge in [0.1, 0.15) is 17.0 Å². The minimum absolute atomic E-state index is 0.267. The summed E-state index contributed by atoms with van der Waals surface area (Å²) in [5, 5.41) is 8.36. The molecule has 1 unspecified atom stereocenters. The van der Waals surface area contributed by atoms with Gasteiger partial charge in [-0.2, -0.15) is 0 Å². The molecule has 2 aromatic rings. The van der Waals surface area contributed by atoms with Crippen LogP contribution < -0.4 is 5.46 Å². The van der Waals surface area contributed by atoms with E-state index < -0.39 is 16.8 Å². The third-order valence-electron chi connectivity index (χ3n) is 5.88. The minimum Gasteiger partial charge on any atom is -0.444 e. The molecule has 2 N–H and O–H groups in total. The van der Waals surface area contributed by atoms with E-state index in [9.17, 15) is 4.79 Å². The van der Waals surface area contributed by atoms with E-state index in [-0.39, 0.29) is 12.2 Å². The highest BCUT2D eigenvalue weighted by Gasteiger charge is 2.40. The molecule has 33 heavy (non-hydrogen) atoms. The summed E-state index contributed by atoms with van der Waals surface area (Å²) in [6.45, 7) is 15.8. The Kier molecular flexibility index (Phi) is 8.25. The number of likely N-dealkylation sites (N-methyl/N-ethyl adjacent to an activating group) is 1. The lowest BCUT2D eigenvalue weighted by atomic mass is 9.82. The van der Waals surface area contributed by atoms with Gasteiger partial charge in [0.25, 0.3) is 0 Å². The summed E-state index contributed by atoms with van der Waals surface area (Å²) in [4.78, 5) is 18.6. The van der Waals surface area contributed by atoms with E-state index in [0.717, 1.165) is 22.3 Å². The van der Waals surface area contributed by atoms with Crippen molar-refractivity contribution in [1.82, 2.24) is 14.5 Å². The van der Waals surface area contributed by atoms with Crippen LogP contribution >= 0.6 is 0 Å². The van der Waals surface area contributed by atoms with Gasteiger partial charge in [0.2, 0.25) is 0 Å². The third kappa shape index (κ3) is 6.95. The number of nitrogens with zero attached hydrogens (tertiary/aromatic N) is 3. The van der Waals surface area contributed by atoms with Gasteiger partial charge in [0.15, 0.2) is 5.60 Å². The molecule has 1 heterocycles. The Morgan fingerprint density at radius 2 is 1.85 bits per heavy atom. The number of para-hydroxylation sites is 1. The summed E-state index contributed by atoms with van der Waals surface area (Å²) in [5.41, 5.74) is 0.637. The SMILES string of the molecule is COC(CN(C)C(=O)OC(C)(C)C)Cn1c(C)nc2cccc([B]OC(C)(C)C(C)(C)[OH2+])c21. The van der Waals surface area contributed by atoms with Gasteiger partial charge < -0.3 is 28.7 Å². The zero-order chi connectivity index (χ0) is 25.2. The van der Waals surface area contributed by atoms with Crippen molar-refractivity contribution in [1.29, 1.82) is 0 Å². The van der Waals surface area contributed by atoms with Crippen LogP contribution in [-0.4, -0.2) is 76.7 Å². The quantitative estimate of drug-likeness (QED) is 0.423. The molecule has 0 aliphatic rings. The molecule has 0 saturated heterocycles. The maximum absolute atomic E-state index is 12.4. The molecule has 0 bridgehead atoms. The number of imidazole rings is 1. The first-order valence-corrected chi connectivity index (χ1v) is 11.2. The van der Waals surface area contributed by atoms with Gasteiger partial charge in [0.05, 0.1) is 30.2 Å². The molecule has 183 valence electrons. The number of carbonyl (C=O) groups is 1. The fourth-order valence-corrected chi connectivity index (χ4v) is 3.14. The standard InChI is InChI=1S/C24H39BN3O5/c1-16-26-19-13-11-12-18(25-33-24(7,8)23(5,6)30)20(19)28(16)15-17(31-10)14-27(9)21(29)32-22(2,3)4/h11-13,17,30H,14-15H2,1-10H3/p+1. The smallest absolute Gasteiger partial charge is 0.410 e. The van der Waals surface area contributed by atoms with Gasteiger partial charge in [-0.05, 0) is 53.1 Å². The van der Waals surface area contributed by atoms with Crippen LogP contribution in [0, 0.1) is 6.92 Å². The summed E-state index contributed by atoms with van der Waals surface area (Å²) in [6.07, 6.45) is -0.657. The van der Waals surface area contributed by atoms with Crippen molar-refractivity contribution in [2.75, 3.05) is 20.7 Å². The summed E-state index contributed by atoms with van der Waals surface area (Å²) >= 11 is 0. The van der Waals surface area contributed by atoms with Crippen LogP contribution in [0.4, 0.5) is 4.79 Å². The Labute approximate surface area is 198 Å². The number of aromatic nitrogens is 2.